The number of non-ortho nitro benzene ring substituents is 1. The van der Waals surface area contributed by atoms with Crippen LogP contribution in [-0.2, 0) is 10.0 Å². The Morgan fingerprint density at radius 2 is 2.00 bits per heavy atom. The summed E-state index contributed by atoms with van der Waals surface area (Å²) in [4.78, 5) is 10.5. The van der Waals surface area contributed by atoms with Crippen molar-refractivity contribution >= 4 is 43.4 Å². The van der Waals surface area contributed by atoms with Crippen LogP contribution in [0.15, 0.2) is 51.8 Å². The van der Waals surface area contributed by atoms with Crippen LogP contribution in [0, 0.1) is 10.1 Å². The Bertz CT molecular complexity index is 950. The van der Waals surface area contributed by atoms with Crippen LogP contribution < -0.4 is 4.74 Å². The largest absolute Gasteiger partial charge is 0.492 e. The van der Waals surface area contributed by atoms with Gasteiger partial charge >= 0.3 is 0 Å². The third-order valence-corrected chi connectivity index (χ3v) is 7.80. The van der Waals surface area contributed by atoms with Crippen molar-refractivity contribution in [1.82, 2.24) is 4.31 Å². The smallest absolute Gasteiger partial charge is 0.269 e. The predicted octanol–water partition coefficient (Wildman–Crippen LogP) is 4.19. The zero-order valence-electron chi connectivity index (χ0n) is 14.4. The maximum absolute atomic E-state index is 13.3. The van der Waals surface area contributed by atoms with Crippen molar-refractivity contribution in [3.63, 3.8) is 0 Å². The summed E-state index contributed by atoms with van der Waals surface area (Å²) in [5.74, 6) is 0.943. The number of hydrogen-bond acceptors (Lipinski definition) is 6. The fourth-order valence-electron chi connectivity index (χ4n) is 2.81. The minimum atomic E-state index is -3.81. The lowest BCUT2D eigenvalue weighted by molar-refractivity contribution is -0.384. The average Bonchev–Trinajstić information content (AvgIpc) is 3.14. The van der Waals surface area contributed by atoms with Crippen LogP contribution in [0.5, 0.6) is 5.75 Å². The van der Waals surface area contributed by atoms with Crippen molar-refractivity contribution in [3.05, 3.63) is 62.6 Å². The summed E-state index contributed by atoms with van der Waals surface area (Å²) in [6.45, 7) is 2.50. The first kappa shape index (κ1) is 20.1. The summed E-state index contributed by atoms with van der Waals surface area (Å²) < 4.78 is 34.3. The van der Waals surface area contributed by atoms with Gasteiger partial charge in [0.25, 0.3) is 5.69 Å². The molecule has 0 N–H and O–H groups in total. The first-order chi connectivity index (χ1) is 12.8. The predicted molar refractivity (Wildman–Crippen MR) is 107 cm³/mol. The van der Waals surface area contributed by atoms with E-state index in [1.165, 1.54) is 34.3 Å². The minimum Gasteiger partial charge on any atom is -0.492 e. The SMILES string of the molecule is CCOc1ccc(Br)cc1S(=O)(=O)N1CCSC1c1ccc([N+](=O)[O-])cc1. The summed E-state index contributed by atoms with van der Waals surface area (Å²) in [5.41, 5.74) is 0.682. The third-order valence-electron chi connectivity index (χ3n) is 4.03. The van der Waals surface area contributed by atoms with E-state index >= 15 is 0 Å². The summed E-state index contributed by atoms with van der Waals surface area (Å²) in [6.07, 6.45) is 0. The van der Waals surface area contributed by atoms with Gasteiger partial charge in [-0.15, -0.1) is 11.8 Å². The Hall–Kier alpha value is -1.62. The van der Waals surface area contributed by atoms with Crippen LogP contribution in [0.25, 0.3) is 0 Å². The van der Waals surface area contributed by atoms with E-state index in [9.17, 15) is 18.5 Å². The number of nitro benzene ring substituents is 1. The minimum absolute atomic E-state index is 0.0261. The standard InChI is InChI=1S/C17H17BrN2O5S2/c1-2-25-15-8-5-13(18)11-16(15)27(23,24)19-9-10-26-17(19)12-3-6-14(7-4-12)20(21)22/h3-8,11,17H,2,9-10H2,1H3. The van der Waals surface area contributed by atoms with Crippen molar-refractivity contribution in [1.29, 1.82) is 0 Å². The summed E-state index contributed by atoms with van der Waals surface area (Å²) in [6, 6.07) is 10.9. The highest BCUT2D eigenvalue weighted by Crippen LogP contribution is 2.43. The fraction of sp³-hybridized carbons (Fsp3) is 0.294. The highest BCUT2D eigenvalue weighted by molar-refractivity contribution is 9.10. The number of ether oxygens (including phenoxy) is 1. The number of sulfonamides is 1. The summed E-state index contributed by atoms with van der Waals surface area (Å²) in [7, 11) is -3.81. The van der Waals surface area contributed by atoms with Crippen LogP contribution >= 0.6 is 27.7 Å². The molecule has 10 heteroatoms. The molecule has 2 aromatic rings. The molecule has 1 unspecified atom stereocenters. The molecule has 0 radical (unpaired) electrons. The van der Waals surface area contributed by atoms with Gasteiger partial charge < -0.3 is 4.74 Å². The molecule has 1 aliphatic rings. The Morgan fingerprint density at radius 3 is 2.63 bits per heavy atom. The highest BCUT2D eigenvalue weighted by Gasteiger charge is 2.38. The normalized spacial score (nSPS) is 17.8. The molecule has 0 amide bonds. The van der Waals surface area contributed by atoms with Crippen LogP contribution in [0.2, 0.25) is 0 Å². The quantitative estimate of drug-likeness (QED) is 0.462. The molecule has 1 aliphatic heterocycles. The van der Waals surface area contributed by atoms with Gasteiger partial charge in [0.05, 0.1) is 16.9 Å². The summed E-state index contributed by atoms with van der Waals surface area (Å²) in [5, 5.41) is 10.4. The van der Waals surface area contributed by atoms with Gasteiger partial charge in [-0.2, -0.15) is 4.31 Å². The van der Waals surface area contributed by atoms with Crippen LogP contribution in [0.1, 0.15) is 17.9 Å². The number of nitro groups is 1. The fourth-order valence-corrected chi connectivity index (χ4v) is 6.72. The average molecular weight is 473 g/mol. The lowest BCUT2D eigenvalue weighted by Gasteiger charge is -2.24. The van der Waals surface area contributed by atoms with Crippen molar-refractivity contribution in [3.8, 4) is 5.75 Å². The van der Waals surface area contributed by atoms with Gasteiger partial charge in [-0.05, 0) is 42.8 Å². The molecule has 27 heavy (non-hydrogen) atoms. The molecule has 0 aliphatic carbocycles. The molecule has 0 aromatic heterocycles. The van der Waals surface area contributed by atoms with E-state index in [-0.39, 0.29) is 10.6 Å². The molecule has 1 fully saturated rings. The Balaban J connectivity index is 1.99. The van der Waals surface area contributed by atoms with Gasteiger partial charge in [0, 0.05) is 28.9 Å². The van der Waals surface area contributed by atoms with Crippen molar-refractivity contribution in [2.75, 3.05) is 18.9 Å². The second-order valence-corrected chi connectivity index (χ2v) is 9.67. The third kappa shape index (κ3) is 4.13. The second-order valence-electron chi connectivity index (χ2n) is 5.71. The molecular formula is C17H17BrN2O5S2. The van der Waals surface area contributed by atoms with Gasteiger partial charge in [-0.1, -0.05) is 15.9 Å². The molecule has 0 bridgehead atoms. The van der Waals surface area contributed by atoms with Crippen LogP contribution in [0.3, 0.4) is 0 Å². The number of benzene rings is 2. The second kappa shape index (κ2) is 8.17. The first-order valence-corrected chi connectivity index (χ1v) is 11.4. The zero-order valence-corrected chi connectivity index (χ0v) is 17.6. The topological polar surface area (TPSA) is 89.8 Å². The van der Waals surface area contributed by atoms with Gasteiger partial charge in [0.15, 0.2) is 0 Å². The maximum Gasteiger partial charge on any atom is 0.269 e. The van der Waals surface area contributed by atoms with E-state index < -0.39 is 20.3 Å². The molecule has 7 nitrogen and oxygen atoms in total. The zero-order chi connectivity index (χ0) is 19.6. The summed E-state index contributed by atoms with van der Waals surface area (Å²) >= 11 is 4.81. The molecule has 1 atom stereocenters. The molecule has 1 heterocycles. The molecule has 0 saturated carbocycles. The van der Waals surface area contributed by atoms with E-state index in [1.54, 1.807) is 31.2 Å². The van der Waals surface area contributed by atoms with E-state index in [2.05, 4.69) is 15.9 Å². The van der Waals surface area contributed by atoms with E-state index in [0.29, 0.717) is 34.7 Å². The van der Waals surface area contributed by atoms with Crippen molar-refractivity contribution < 1.29 is 18.1 Å². The van der Waals surface area contributed by atoms with E-state index in [4.69, 9.17) is 4.74 Å². The molecule has 0 spiro atoms. The molecule has 144 valence electrons. The van der Waals surface area contributed by atoms with Crippen molar-refractivity contribution in [2.24, 2.45) is 0 Å². The molecular weight excluding hydrogens is 456 g/mol. The number of halogens is 1. The monoisotopic (exact) mass is 472 g/mol. The number of hydrogen-bond donors (Lipinski definition) is 0. The molecule has 2 aromatic carbocycles. The molecule has 1 saturated heterocycles. The van der Waals surface area contributed by atoms with Gasteiger partial charge in [-0.25, -0.2) is 8.42 Å². The van der Waals surface area contributed by atoms with Crippen LogP contribution in [-0.4, -0.2) is 36.6 Å². The molecule has 3 rings (SSSR count). The Morgan fingerprint density at radius 1 is 1.30 bits per heavy atom. The van der Waals surface area contributed by atoms with Gasteiger partial charge in [-0.3, -0.25) is 10.1 Å². The maximum atomic E-state index is 13.3. The Kier molecular flexibility index (Phi) is 6.09. The van der Waals surface area contributed by atoms with E-state index in [0.717, 1.165) is 0 Å². The van der Waals surface area contributed by atoms with Crippen LogP contribution in [0.4, 0.5) is 5.69 Å². The lowest BCUT2D eigenvalue weighted by Crippen LogP contribution is -2.31. The van der Waals surface area contributed by atoms with E-state index in [1.807, 2.05) is 0 Å². The number of nitrogens with zero attached hydrogens (tertiary/aromatic N) is 2. The highest BCUT2D eigenvalue weighted by atomic mass is 79.9. The Labute approximate surface area is 170 Å². The van der Waals surface area contributed by atoms with Gasteiger partial charge in [0.2, 0.25) is 10.0 Å². The number of thioether (sulfide) groups is 1. The van der Waals surface area contributed by atoms with Gasteiger partial charge in [0.1, 0.15) is 10.6 Å². The first-order valence-electron chi connectivity index (χ1n) is 8.14. The van der Waals surface area contributed by atoms with Crippen molar-refractivity contribution in [2.45, 2.75) is 17.2 Å². The lowest BCUT2D eigenvalue weighted by atomic mass is 10.2. The number of rotatable bonds is 6.